The molecule has 2 rings (SSSR count). The number of nitrogens with zero attached hydrogens (tertiary/aromatic N) is 2. The van der Waals surface area contributed by atoms with E-state index >= 15 is 0 Å². The molecule has 1 atom stereocenters. The number of carbonyl (C=O) groups is 1. The number of morpholine rings is 1. The van der Waals surface area contributed by atoms with Crippen LogP contribution in [0.5, 0.6) is 0 Å². The van der Waals surface area contributed by atoms with E-state index in [1.54, 1.807) is 17.0 Å². The number of nitrogens with one attached hydrogen (secondary N) is 1. The maximum Gasteiger partial charge on any atom is 0.274 e. The number of aromatic nitrogens is 1. The van der Waals surface area contributed by atoms with Crippen molar-refractivity contribution in [3.05, 3.63) is 22.8 Å². The average Bonchev–Trinajstić information content (AvgIpc) is 2.45. The average molecular weight is 315 g/mol. The molecule has 2 heterocycles. The molecule has 1 aliphatic rings. The van der Waals surface area contributed by atoms with Gasteiger partial charge >= 0.3 is 0 Å². The number of nitrogen functional groups attached to an aromatic ring is 1. The zero-order valence-electron chi connectivity index (χ0n) is 12.0. The van der Waals surface area contributed by atoms with Crippen molar-refractivity contribution in [3.8, 4) is 0 Å². The molecule has 0 spiro atoms. The summed E-state index contributed by atoms with van der Waals surface area (Å²) in [5.74, 6) is 5.34. The maximum absolute atomic E-state index is 12.6. The fraction of sp³-hybridized carbons (Fsp3) is 0.538. The van der Waals surface area contributed by atoms with Gasteiger partial charge in [-0.1, -0.05) is 11.6 Å². The first-order valence-corrected chi connectivity index (χ1v) is 6.95. The summed E-state index contributed by atoms with van der Waals surface area (Å²) in [6.45, 7) is 4.25. The molecule has 7 nitrogen and oxygen atoms in total. The van der Waals surface area contributed by atoms with Gasteiger partial charge in [0.2, 0.25) is 0 Å². The van der Waals surface area contributed by atoms with E-state index in [9.17, 15) is 9.90 Å². The third-order valence-electron chi connectivity index (χ3n) is 3.17. The number of hydrazine groups is 1. The Morgan fingerprint density at radius 1 is 1.67 bits per heavy atom. The molecule has 1 unspecified atom stereocenters. The lowest BCUT2D eigenvalue weighted by Gasteiger charge is -2.42. The largest absolute Gasteiger partial charge is 0.394 e. The zero-order valence-corrected chi connectivity index (χ0v) is 12.7. The molecule has 0 aromatic carbocycles. The van der Waals surface area contributed by atoms with Crippen LogP contribution in [0.3, 0.4) is 0 Å². The van der Waals surface area contributed by atoms with E-state index < -0.39 is 11.7 Å². The molecule has 0 radical (unpaired) electrons. The second-order valence-corrected chi connectivity index (χ2v) is 5.95. The van der Waals surface area contributed by atoms with Crippen LogP contribution in [0.2, 0.25) is 5.02 Å². The normalized spacial score (nSPS) is 21.2. The highest BCUT2D eigenvalue weighted by Crippen LogP contribution is 2.24. The van der Waals surface area contributed by atoms with E-state index in [0.29, 0.717) is 12.4 Å². The Morgan fingerprint density at radius 2 is 2.38 bits per heavy atom. The van der Waals surface area contributed by atoms with Gasteiger partial charge in [-0.3, -0.25) is 4.79 Å². The number of hydrogen-bond donors (Lipinski definition) is 3. The number of aliphatic hydroxyl groups excluding tert-OH is 1. The molecule has 8 heteroatoms. The molecule has 1 aromatic rings. The monoisotopic (exact) mass is 314 g/mol. The predicted octanol–water partition coefficient (Wildman–Crippen LogP) is 0.632. The van der Waals surface area contributed by atoms with Crippen molar-refractivity contribution >= 4 is 23.3 Å². The minimum atomic E-state index is -0.544. The molecule has 1 aromatic heterocycles. The Bertz CT molecular complexity index is 538. The first-order chi connectivity index (χ1) is 9.86. The Kier molecular flexibility index (Phi) is 4.67. The summed E-state index contributed by atoms with van der Waals surface area (Å²) in [6, 6.07) is 3.14. The number of anilines is 1. The van der Waals surface area contributed by atoms with Crippen LogP contribution >= 0.6 is 11.6 Å². The van der Waals surface area contributed by atoms with Crippen LogP contribution < -0.4 is 11.3 Å². The van der Waals surface area contributed by atoms with Crippen molar-refractivity contribution in [1.29, 1.82) is 0 Å². The molecule has 21 heavy (non-hydrogen) atoms. The third-order valence-corrected chi connectivity index (χ3v) is 3.47. The van der Waals surface area contributed by atoms with Gasteiger partial charge in [-0.05, 0) is 26.0 Å². The molecule has 1 amide bonds. The van der Waals surface area contributed by atoms with E-state index in [-0.39, 0.29) is 29.8 Å². The van der Waals surface area contributed by atoms with Crippen LogP contribution in [-0.2, 0) is 4.74 Å². The topological polar surface area (TPSA) is 101 Å². The Labute approximate surface area is 128 Å². The Balaban J connectivity index is 2.26. The van der Waals surface area contributed by atoms with Crippen molar-refractivity contribution in [1.82, 2.24) is 9.88 Å². The SMILES string of the molecule is CC1(C)CN(C(=O)c2nc(NN)ccc2Cl)CC(CO)O1. The summed E-state index contributed by atoms with van der Waals surface area (Å²) in [5, 5.41) is 9.55. The van der Waals surface area contributed by atoms with E-state index in [1.807, 2.05) is 13.8 Å². The number of aliphatic hydroxyl groups is 1. The van der Waals surface area contributed by atoms with Crippen LogP contribution in [0.1, 0.15) is 24.3 Å². The summed E-state index contributed by atoms with van der Waals surface area (Å²) < 4.78 is 5.68. The molecule has 4 N–H and O–H groups in total. The molecule has 116 valence electrons. The molecular formula is C13H19ClN4O3. The lowest BCUT2D eigenvalue weighted by Crippen LogP contribution is -2.55. The van der Waals surface area contributed by atoms with E-state index in [4.69, 9.17) is 22.2 Å². The number of amides is 1. The van der Waals surface area contributed by atoms with Crippen LogP contribution in [0.15, 0.2) is 12.1 Å². The minimum Gasteiger partial charge on any atom is -0.394 e. The second kappa shape index (κ2) is 6.15. The summed E-state index contributed by atoms with van der Waals surface area (Å²) in [4.78, 5) is 18.3. The highest BCUT2D eigenvalue weighted by molar-refractivity contribution is 6.33. The summed E-state index contributed by atoms with van der Waals surface area (Å²) in [6.07, 6.45) is -0.424. The fourth-order valence-corrected chi connectivity index (χ4v) is 2.55. The highest BCUT2D eigenvalue weighted by Gasteiger charge is 2.36. The van der Waals surface area contributed by atoms with Crippen molar-refractivity contribution in [3.63, 3.8) is 0 Å². The van der Waals surface area contributed by atoms with Gasteiger partial charge in [0.25, 0.3) is 5.91 Å². The Morgan fingerprint density at radius 3 is 3.00 bits per heavy atom. The van der Waals surface area contributed by atoms with Gasteiger partial charge in [-0.2, -0.15) is 0 Å². The van der Waals surface area contributed by atoms with Crippen LogP contribution in [0, 0.1) is 0 Å². The summed E-state index contributed by atoms with van der Waals surface area (Å²) in [5.41, 5.74) is 1.97. The molecule has 1 saturated heterocycles. The fourth-order valence-electron chi connectivity index (χ4n) is 2.37. The van der Waals surface area contributed by atoms with Gasteiger partial charge in [0.05, 0.1) is 23.3 Å². The number of pyridine rings is 1. The van der Waals surface area contributed by atoms with E-state index in [0.717, 1.165) is 0 Å². The number of rotatable bonds is 3. The molecule has 0 bridgehead atoms. The predicted molar refractivity (Wildman–Crippen MR) is 79.0 cm³/mol. The van der Waals surface area contributed by atoms with Crippen LogP contribution in [0.25, 0.3) is 0 Å². The second-order valence-electron chi connectivity index (χ2n) is 5.54. The Hall–Kier alpha value is -1.41. The maximum atomic E-state index is 12.6. The van der Waals surface area contributed by atoms with Gasteiger partial charge in [0, 0.05) is 13.1 Å². The van der Waals surface area contributed by atoms with Gasteiger partial charge in [0.1, 0.15) is 11.5 Å². The van der Waals surface area contributed by atoms with Gasteiger partial charge in [-0.25, -0.2) is 10.8 Å². The van der Waals surface area contributed by atoms with Crippen LogP contribution in [0.4, 0.5) is 5.82 Å². The quantitative estimate of drug-likeness (QED) is 0.559. The lowest BCUT2D eigenvalue weighted by molar-refractivity contribution is -0.139. The minimum absolute atomic E-state index is 0.126. The van der Waals surface area contributed by atoms with Gasteiger partial charge in [-0.15, -0.1) is 0 Å². The lowest BCUT2D eigenvalue weighted by atomic mass is 10.0. The standard InChI is InChI=1S/C13H19ClN4O3/c1-13(2)7-18(5-8(6-19)21-13)12(20)11-9(14)3-4-10(16-11)17-15/h3-4,8,19H,5-7,15H2,1-2H3,(H,16,17). The number of ether oxygens (including phenoxy) is 1. The smallest absolute Gasteiger partial charge is 0.274 e. The number of halogens is 1. The first kappa shape index (κ1) is 16.0. The highest BCUT2D eigenvalue weighted by atomic mass is 35.5. The molecule has 0 saturated carbocycles. The molecular weight excluding hydrogens is 296 g/mol. The van der Waals surface area contributed by atoms with Gasteiger partial charge < -0.3 is 20.2 Å². The van der Waals surface area contributed by atoms with Crippen molar-refractivity contribution < 1.29 is 14.6 Å². The van der Waals surface area contributed by atoms with Crippen molar-refractivity contribution in [2.45, 2.75) is 25.6 Å². The number of carbonyl (C=O) groups excluding carboxylic acids is 1. The first-order valence-electron chi connectivity index (χ1n) is 6.57. The summed E-state index contributed by atoms with van der Waals surface area (Å²) in [7, 11) is 0. The van der Waals surface area contributed by atoms with E-state index in [2.05, 4.69) is 10.4 Å². The van der Waals surface area contributed by atoms with Crippen LogP contribution in [-0.4, -0.2) is 52.3 Å². The number of hydrogen-bond acceptors (Lipinski definition) is 6. The van der Waals surface area contributed by atoms with E-state index in [1.165, 1.54) is 0 Å². The van der Waals surface area contributed by atoms with Crippen molar-refractivity contribution in [2.75, 3.05) is 25.1 Å². The zero-order chi connectivity index (χ0) is 15.6. The number of nitrogens with two attached hydrogens (primary N) is 1. The molecule has 1 fully saturated rings. The molecule has 0 aliphatic carbocycles. The molecule has 1 aliphatic heterocycles. The third kappa shape index (κ3) is 3.62. The summed E-state index contributed by atoms with van der Waals surface area (Å²) >= 11 is 6.05. The van der Waals surface area contributed by atoms with Gasteiger partial charge in [0.15, 0.2) is 0 Å². The van der Waals surface area contributed by atoms with Crippen molar-refractivity contribution in [2.24, 2.45) is 5.84 Å².